The summed E-state index contributed by atoms with van der Waals surface area (Å²) in [7, 11) is 6.09. The van der Waals surface area contributed by atoms with Crippen molar-refractivity contribution < 1.29 is 3.07 Å². The average Bonchev–Trinajstić information content (AvgIpc) is 2.47. The van der Waals surface area contributed by atoms with Crippen molar-refractivity contribution in [2.45, 2.75) is 11.5 Å². The van der Waals surface area contributed by atoms with Crippen molar-refractivity contribution in [3.63, 3.8) is 0 Å². The molecule has 3 heteroatoms. The first-order valence-electron chi connectivity index (χ1n) is 6.91. The van der Waals surface area contributed by atoms with E-state index in [1.165, 1.54) is 12.7 Å². The third-order valence-corrected chi connectivity index (χ3v) is 14.5. The van der Waals surface area contributed by atoms with Crippen molar-refractivity contribution in [3.8, 4) is 0 Å². The van der Waals surface area contributed by atoms with Crippen LogP contribution in [0.1, 0.15) is 5.56 Å². The van der Waals surface area contributed by atoms with Crippen LogP contribution >= 0.6 is 0 Å². The molecule has 0 saturated heterocycles. The van der Waals surface area contributed by atoms with Crippen LogP contribution in [0.15, 0.2) is 54.6 Å². The van der Waals surface area contributed by atoms with E-state index in [1.54, 1.807) is 0 Å². The fourth-order valence-corrected chi connectivity index (χ4v) is 10.6. The molecule has 20 heavy (non-hydrogen) atoms. The Balaban J connectivity index is 2.52. The summed E-state index contributed by atoms with van der Waals surface area (Å²) in [5, 5.41) is 0. The molecule has 0 spiro atoms. The molecule has 0 aromatic heterocycles. The van der Waals surface area contributed by atoms with E-state index in [4.69, 9.17) is 3.07 Å². The van der Waals surface area contributed by atoms with Crippen LogP contribution < -0.4 is 7.16 Å². The molecule has 0 saturated carbocycles. The van der Waals surface area contributed by atoms with Gasteiger partial charge in [-0.3, -0.25) is 0 Å². The van der Waals surface area contributed by atoms with Gasteiger partial charge in [-0.15, -0.1) is 0 Å². The minimum absolute atomic E-state index is 0.957. The summed E-state index contributed by atoms with van der Waals surface area (Å²) in [6.45, 7) is 0.957. The first kappa shape index (κ1) is 15.5. The molecule has 0 radical (unpaired) electrons. The molecular weight excluding hydrogens is 353 g/mol. The average molecular weight is 376 g/mol. The van der Waals surface area contributed by atoms with Crippen LogP contribution in [0, 0.1) is 0 Å². The molecule has 0 N–H and O–H groups in total. The van der Waals surface area contributed by atoms with Crippen molar-refractivity contribution in [1.82, 2.24) is 4.90 Å². The van der Waals surface area contributed by atoms with Gasteiger partial charge in [0, 0.05) is 0 Å². The van der Waals surface area contributed by atoms with E-state index in [0.29, 0.717) is 0 Å². The summed E-state index contributed by atoms with van der Waals surface area (Å²) in [6, 6.07) is 19.4. The van der Waals surface area contributed by atoms with Gasteiger partial charge in [0.05, 0.1) is 0 Å². The zero-order chi connectivity index (χ0) is 14.6. The van der Waals surface area contributed by atoms with Crippen molar-refractivity contribution in [1.29, 1.82) is 0 Å². The van der Waals surface area contributed by atoms with Crippen molar-refractivity contribution >= 4 is 25.9 Å². The summed E-state index contributed by atoms with van der Waals surface area (Å²) in [5.74, 6) is 0. The zero-order valence-corrected chi connectivity index (χ0v) is 15.6. The van der Waals surface area contributed by atoms with Gasteiger partial charge in [0.25, 0.3) is 0 Å². The van der Waals surface area contributed by atoms with Gasteiger partial charge < -0.3 is 0 Å². The predicted molar refractivity (Wildman–Crippen MR) is 88.2 cm³/mol. The van der Waals surface area contributed by atoms with Gasteiger partial charge >= 0.3 is 127 Å². The topological polar surface area (TPSA) is 12.5 Å². The molecule has 0 bridgehead atoms. The summed E-state index contributed by atoms with van der Waals surface area (Å²) in [6.07, 6.45) is 0. The SMILES string of the molecule is C[O][Sn]([CH3])([c]1ccccc1)[c]1ccccc1CN(C)C. The number of hydrogen-bond donors (Lipinski definition) is 0. The van der Waals surface area contributed by atoms with Gasteiger partial charge in [-0.05, 0) is 0 Å². The zero-order valence-electron chi connectivity index (χ0n) is 12.8. The molecule has 0 amide bonds. The number of hydrogen-bond acceptors (Lipinski definition) is 2. The quantitative estimate of drug-likeness (QED) is 0.742. The second-order valence-corrected chi connectivity index (χ2v) is 15.7. The Bertz CT molecular complexity index is 556. The molecule has 2 aromatic rings. The second-order valence-electron chi connectivity index (χ2n) is 5.50. The van der Waals surface area contributed by atoms with Crippen LogP contribution in [0.2, 0.25) is 4.94 Å². The molecule has 0 aliphatic carbocycles. The monoisotopic (exact) mass is 377 g/mol. The van der Waals surface area contributed by atoms with E-state index in [-0.39, 0.29) is 0 Å². The van der Waals surface area contributed by atoms with E-state index in [9.17, 15) is 0 Å². The van der Waals surface area contributed by atoms with Gasteiger partial charge in [0.2, 0.25) is 0 Å². The Morgan fingerprint density at radius 2 is 1.55 bits per heavy atom. The van der Waals surface area contributed by atoms with Crippen LogP contribution in [0.5, 0.6) is 0 Å². The molecule has 1 atom stereocenters. The van der Waals surface area contributed by atoms with Crippen LogP contribution in [0.3, 0.4) is 0 Å². The molecular formula is C17H23NOSn. The van der Waals surface area contributed by atoms with Gasteiger partial charge in [-0.25, -0.2) is 0 Å². The van der Waals surface area contributed by atoms with Crippen LogP contribution in [-0.2, 0) is 9.62 Å². The number of nitrogens with zero attached hydrogens (tertiary/aromatic N) is 1. The third kappa shape index (κ3) is 3.24. The Morgan fingerprint density at radius 3 is 2.15 bits per heavy atom. The molecule has 2 rings (SSSR count). The molecule has 106 valence electrons. The van der Waals surface area contributed by atoms with Gasteiger partial charge in [0.15, 0.2) is 0 Å². The Morgan fingerprint density at radius 1 is 0.950 bits per heavy atom. The van der Waals surface area contributed by atoms with Crippen LogP contribution in [0.25, 0.3) is 0 Å². The molecule has 0 fully saturated rings. The predicted octanol–water partition coefficient (Wildman–Crippen LogP) is 2.08. The van der Waals surface area contributed by atoms with E-state index in [2.05, 4.69) is 78.5 Å². The number of benzene rings is 2. The normalized spacial score (nSPS) is 14.2. The minimum atomic E-state index is -2.98. The van der Waals surface area contributed by atoms with Crippen molar-refractivity contribution in [3.05, 3.63) is 60.2 Å². The van der Waals surface area contributed by atoms with E-state index >= 15 is 0 Å². The first-order valence-corrected chi connectivity index (χ1v) is 13.8. The fourth-order valence-electron chi connectivity index (χ4n) is 2.60. The van der Waals surface area contributed by atoms with Gasteiger partial charge in [0.1, 0.15) is 0 Å². The maximum atomic E-state index is 6.12. The van der Waals surface area contributed by atoms with Gasteiger partial charge in [-0.2, -0.15) is 0 Å². The van der Waals surface area contributed by atoms with E-state index in [1.807, 2.05) is 7.11 Å². The molecule has 0 heterocycles. The molecule has 2 aromatic carbocycles. The second kappa shape index (κ2) is 6.74. The van der Waals surface area contributed by atoms with E-state index < -0.39 is 18.8 Å². The maximum absolute atomic E-state index is 6.12. The fraction of sp³-hybridized carbons (Fsp3) is 0.294. The summed E-state index contributed by atoms with van der Waals surface area (Å²) in [4.78, 5) is 4.56. The molecule has 2 nitrogen and oxygen atoms in total. The first-order chi connectivity index (χ1) is 9.58. The Kier molecular flexibility index (Phi) is 5.24. The summed E-state index contributed by atoms with van der Waals surface area (Å²) in [5.41, 5.74) is 1.39. The molecule has 0 aliphatic rings. The van der Waals surface area contributed by atoms with E-state index in [0.717, 1.165) is 6.54 Å². The van der Waals surface area contributed by atoms with Crippen molar-refractivity contribution in [2.75, 3.05) is 21.2 Å². The third-order valence-electron chi connectivity index (χ3n) is 3.75. The summed E-state index contributed by atoms with van der Waals surface area (Å²) < 4.78 is 8.94. The summed E-state index contributed by atoms with van der Waals surface area (Å²) >= 11 is -2.98. The Hall–Kier alpha value is -0.841. The van der Waals surface area contributed by atoms with Gasteiger partial charge in [-0.1, -0.05) is 0 Å². The number of rotatable bonds is 5. The standard InChI is InChI=1S/C9H12N.C6H5.CH3O.CH3.Sn/c1-10(2)8-9-6-4-3-5-7-9;1-2-4-6-5-3-1;1-2;;/h3-6H,8H2,1-2H3;1-5H;1H3;1H3;/q;;-1;;+1. The molecule has 0 aliphatic heterocycles. The Labute approximate surface area is 126 Å². The van der Waals surface area contributed by atoms with Crippen LogP contribution in [-0.4, -0.2) is 44.9 Å². The van der Waals surface area contributed by atoms with Crippen molar-refractivity contribution in [2.24, 2.45) is 0 Å². The molecule has 1 unspecified atom stereocenters. The van der Waals surface area contributed by atoms with Crippen LogP contribution in [0.4, 0.5) is 0 Å².